The Morgan fingerprint density at radius 3 is 2.42 bits per heavy atom. The highest BCUT2D eigenvalue weighted by Gasteiger charge is 2.45. The van der Waals surface area contributed by atoms with E-state index in [4.69, 9.17) is 0 Å². The fraction of sp³-hybridized carbons (Fsp3) is 0.107. The first-order valence-corrected chi connectivity index (χ1v) is 11.9. The third-order valence-corrected chi connectivity index (χ3v) is 7.22. The number of carbonyl (C=O) groups excluding carboxylic acids is 2. The van der Waals surface area contributed by atoms with Crippen LogP contribution in [0.5, 0.6) is 0 Å². The van der Waals surface area contributed by atoms with Gasteiger partial charge in [0.1, 0.15) is 5.01 Å². The number of aryl methyl sites for hydroxylation is 2. The number of hydrogen-bond acceptors (Lipinski definition) is 5. The fourth-order valence-corrected chi connectivity index (χ4v) is 5.35. The van der Waals surface area contributed by atoms with Crippen molar-refractivity contribution in [2.75, 3.05) is 4.90 Å². The van der Waals surface area contributed by atoms with Gasteiger partial charge in [0.2, 0.25) is 5.78 Å². The Kier molecular flexibility index (Phi) is 5.97. The lowest BCUT2D eigenvalue weighted by atomic mass is 9.94. The van der Waals surface area contributed by atoms with E-state index in [0.29, 0.717) is 16.3 Å². The number of hydrogen-bond donors (Lipinski definition) is 1. The van der Waals surface area contributed by atoms with Crippen LogP contribution in [0.15, 0.2) is 84.1 Å². The van der Waals surface area contributed by atoms with E-state index in [2.05, 4.69) is 4.98 Å². The van der Waals surface area contributed by atoms with Crippen LogP contribution in [0.2, 0.25) is 0 Å². The first kappa shape index (κ1) is 23.6. The van der Waals surface area contributed by atoms with Gasteiger partial charge in [-0.15, -0.1) is 11.3 Å². The minimum atomic E-state index is -1.15. The van der Waals surface area contributed by atoms with Crippen molar-refractivity contribution >= 4 is 28.7 Å². The van der Waals surface area contributed by atoms with Crippen LogP contribution in [-0.4, -0.2) is 21.8 Å². The van der Waals surface area contributed by atoms with E-state index in [9.17, 15) is 23.5 Å². The molecule has 0 radical (unpaired) electrons. The maximum absolute atomic E-state index is 14.1. The van der Waals surface area contributed by atoms with Gasteiger partial charge in [-0.2, -0.15) is 0 Å². The molecular weight excluding hydrogens is 482 g/mol. The van der Waals surface area contributed by atoms with E-state index in [0.717, 1.165) is 28.2 Å². The van der Waals surface area contributed by atoms with E-state index in [1.165, 1.54) is 17.4 Å². The van der Waals surface area contributed by atoms with E-state index in [1.807, 2.05) is 43.3 Å². The van der Waals surface area contributed by atoms with Crippen LogP contribution in [0.25, 0.3) is 10.6 Å². The van der Waals surface area contributed by atoms with Gasteiger partial charge < -0.3 is 5.11 Å². The Balaban J connectivity index is 1.65. The highest BCUT2D eigenvalue weighted by molar-refractivity contribution is 7.17. The van der Waals surface area contributed by atoms with Gasteiger partial charge in [0, 0.05) is 17.3 Å². The predicted octanol–water partition coefficient (Wildman–Crippen LogP) is 6.49. The summed E-state index contributed by atoms with van der Waals surface area (Å²) >= 11 is 1.17. The molecule has 0 saturated heterocycles. The Bertz CT molecular complexity index is 1550. The van der Waals surface area contributed by atoms with Gasteiger partial charge in [0.25, 0.3) is 5.91 Å². The lowest BCUT2D eigenvalue weighted by Gasteiger charge is -2.27. The number of aliphatic hydroxyl groups excluding tert-OH is 1. The Labute approximate surface area is 210 Å². The summed E-state index contributed by atoms with van der Waals surface area (Å²) < 4.78 is 27.8. The van der Waals surface area contributed by atoms with E-state index in [-0.39, 0.29) is 16.1 Å². The number of nitrogens with zero attached hydrogens (tertiary/aromatic N) is 2. The maximum Gasteiger partial charge on any atom is 0.294 e. The summed E-state index contributed by atoms with van der Waals surface area (Å²) in [6.45, 7) is 3.55. The van der Waals surface area contributed by atoms with Crippen molar-refractivity contribution in [2.24, 2.45) is 0 Å². The lowest BCUT2D eigenvalue weighted by Crippen LogP contribution is -2.31. The minimum Gasteiger partial charge on any atom is -0.503 e. The first-order chi connectivity index (χ1) is 17.3. The van der Waals surface area contributed by atoms with E-state index < -0.39 is 35.1 Å². The van der Waals surface area contributed by atoms with Gasteiger partial charge in [0.05, 0.1) is 22.2 Å². The summed E-state index contributed by atoms with van der Waals surface area (Å²) in [5.41, 5.74) is 2.59. The molecule has 0 aliphatic carbocycles. The molecule has 0 bridgehead atoms. The lowest BCUT2D eigenvalue weighted by molar-refractivity contribution is -0.117. The molecule has 1 atom stereocenters. The molecule has 180 valence electrons. The summed E-state index contributed by atoms with van der Waals surface area (Å²) in [5.74, 6) is -4.37. The SMILES string of the molecule is Cc1cccc(C2C(C(=O)c3sc(-c4ccccc4)nc3C)=C(O)C(=O)N2c2ccc(F)c(F)c2)c1. The fourth-order valence-electron chi connectivity index (χ4n) is 4.33. The van der Waals surface area contributed by atoms with Gasteiger partial charge in [0.15, 0.2) is 17.4 Å². The third-order valence-electron chi connectivity index (χ3n) is 6.02. The number of ketones is 1. The number of amides is 1. The van der Waals surface area contributed by atoms with Crippen LogP contribution >= 0.6 is 11.3 Å². The van der Waals surface area contributed by atoms with Crippen LogP contribution in [0, 0.1) is 25.5 Å². The zero-order valence-corrected chi connectivity index (χ0v) is 20.1. The van der Waals surface area contributed by atoms with Crippen molar-refractivity contribution in [2.45, 2.75) is 19.9 Å². The van der Waals surface area contributed by atoms with Crippen molar-refractivity contribution in [3.63, 3.8) is 0 Å². The van der Waals surface area contributed by atoms with Crippen LogP contribution in [-0.2, 0) is 4.79 Å². The smallest absolute Gasteiger partial charge is 0.294 e. The Morgan fingerprint density at radius 1 is 0.972 bits per heavy atom. The number of aromatic nitrogens is 1. The number of benzene rings is 3. The number of Topliss-reactive ketones (excluding diaryl/α,β-unsaturated/α-hetero) is 1. The summed E-state index contributed by atoms with van der Waals surface area (Å²) in [6.07, 6.45) is 0. The molecule has 1 N–H and O–H groups in total. The summed E-state index contributed by atoms with van der Waals surface area (Å²) in [4.78, 5) is 33.1. The molecule has 0 fully saturated rings. The Hall–Kier alpha value is -4.17. The van der Waals surface area contributed by atoms with Gasteiger partial charge in [-0.3, -0.25) is 14.5 Å². The van der Waals surface area contributed by atoms with Crippen molar-refractivity contribution in [3.05, 3.63) is 117 Å². The zero-order chi connectivity index (χ0) is 25.6. The number of anilines is 1. The average Bonchev–Trinajstić information content (AvgIpc) is 3.38. The average molecular weight is 503 g/mol. The number of rotatable bonds is 5. The standard InChI is InChI=1S/C28H20F2N2O3S/c1-15-7-6-10-18(13-15)23-22(25(34)28(35)32(23)19-11-12-20(29)21(30)14-19)24(33)26-16(2)31-27(36-26)17-8-4-3-5-9-17/h3-14,23,34H,1-2H3. The molecule has 0 saturated carbocycles. The zero-order valence-electron chi connectivity index (χ0n) is 19.3. The van der Waals surface area contributed by atoms with Gasteiger partial charge in [-0.05, 0) is 31.5 Å². The molecule has 0 spiro atoms. The molecular formula is C28H20F2N2O3S. The quantitative estimate of drug-likeness (QED) is 0.317. The molecule has 2 heterocycles. The van der Waals surface area contributed by atoms with Crippen molar-refractivity contribution < 1.29 is 23.5 Å². The monoisotopic (exact) mass is 502 g/mol. The number of aliphatic hydroxyl groups is 1. The third kappa shape index (κ3) is 3.99. The van der Waals surface area contributed by atoms with Crippen molar-refractivity contribution in [3.8, 4) is 10.6 Å². The topological polar surface area (TPSA) is 70.5 Å². The van der Waals surface area contributed by atoms with Crippen molar-refractivity contribution in [1.82, 2.24) is 4.98 Å². The molecule has 1 amide bonds. The largest absolute Gasteiger partial charge is 0.503 e. The molecule has 1 aromatic heterocycles. The normalized spacial score (nSPS) is 15.6. The van der Waals surface area contributed by atoms with Gasteiger partial charge >= 0.3 is 0 Å². The second-order valence-electron chi connectivity index (χ2n) is 8.48. The second kappa shape index (κ2) is 9.13. The van der Waals surface area contributed by atoms with Crippen LogP contribution in [0.3, 0.4) is 0 Å². The van der Waals surface area contributed by atoms with E-state index >= 15 is 0 Å². The second-order valence-corrected chi connectivity index (χ2v) is 9.48. The van der Waals surface area contributed by atoms with Gasteiger partial charge in [-0.1, -0.05) is 60.2 Å². The minimum absolute atomic E-state index is 0.0192. The van der Waals surface area contributed by atoms with Crippen molar-refractivity contribution in [1.29, 1.82) is 0 Å². The van der Waals surface area contributed by atoms with E-state index in [1.54, 1.807) is 25.1 Å². The number of carbonyl (C=O) groups is 2. The molecule has 5 rings (SSSR count). The molecule has 1 aliphatic rings. The summed E-state index contributed by atoms with van der Waals surface area (Å²) in [5, 5.41) is 11.6. The summed E-state index contributed by atoms with van der Waals surface area (Å²) in [6, 6.07) is 18.5. The molecule has 8 heteroatoms. The van der Waals surface area contributed by atoms with Crippen LogP contribution in [0.4, 0.5) is 14.5 Å². The summed E-state index contributed by atoms with van der Waals surface area (Å²) in [7, 11) is 0. The van der Waals surface area contributed by atoms with Gasteiger partial charge in [-0.25, -0.2) is 13.8 Å². The molecule has 1 aliphatic heterocycles. The molecule has 5 nitrogen and oxygen atoms in total. The number of thiazole rings is 1. The first-order valence-electron chi connectivity index (χ1n) is 11.1. The molecule has 36 heavy (non-hydrogen) atoms. The highest BCUT2D eigenvalue weighted by atomic mass is 32.1. The number of halogens is 2. The highest BCUT2D eigenvalue weighted by Crippen LogP contribution is 2.43. The predicted molar refractivity (Wildman–Crippen MR) is 134 cm³/mol. The molecule has 1 unspecified atom stereocenters. The van der Waals surface area contributed by atoms with Crippen LogP contribution < -0.4 is 4.90 Å². The maximum atomic E-state index is 14.1. The van der Waals surface area contributed by atoms with Crippen LogP contribution in [0.1, 0.15) is 32.5 Å². The molecule has 3 aromatic carbocycles. The Morgan fingerprint density at radius 2 is 1.72 bits per heavy atom. The molecule has 4 aromatic rings.